The van der Waals surface area contributed by atoms with Gasteiger partial charge in [0.05, 0.1) is 6.54 Å². The molecule has 3 rings (SSSR count). The summed E-state index contributed by atoms with van der Waals surface area (Å²) in [6.45, 7) is 10.2. The highest BCUT2D eigenvalue weighted by Crippen LogP contribution is 2.29. The van der Waals surface area contributed by atoms with Gasteiger partial charge in [0.1, 0.15) is 6.61 Å². The summed E-state index contributed by atoms with van der Waals surface area (Å²) in [5.74, 6) is 0. The first-order chi connectivity index (χ1) is 11.7. The molecular weight excluding hydrogens is 300 g/mol. The van der Waals surface area contributed by atoms with Crippen molar-refractivity contribution in [2.24, 2.45) is 0 Å². The van der Waals surface area contributed by atoms with E-state index in [2.05, 4.69) is 18.4 Å². The minimum atomic E-state index is -0.242. The van der Waals surface area contributed by atoms with Crippen LogP contribution in [0.2, 0.25) is 0 Å². The highest BCUT2D eigenvalue weighted by molar-refractivity contribution is 5.70. The molecule has 0 unspecified atom stereocenters. The molecule has 0 aliphatic carbocycles. The summed E-state index contributed by atoms with van der Waals surface area (Å²) in [7, 11) is 0. The van der Waals surface area contributed by atoms with Crippen LogP contribution in [-0.4, -0.2) is 42.1 Å². The standard InChI is InChI=1S/C20H26N2O2/c1-3-18-13-22(14-19(18)16(2)21-11-7-8-12-21)20(23)24-15-17-9-5-4-6-10-17/h4-6,9-10H,2-3,7-8,11-15H2,1H3. The zero-order valence-corrected chi connectivity index (χ0v) is 14.5. The van der Waals surface area contributed by atoms with E-state index in [0.29, 0.717) is 19.7 Å². The summed E-state index contributed by atoms with van der Waals surface area (Å²) in [5, 5.41) is 0. The van der Waals surface area contributed by atoms with E-state index in [4.69, 9.17) is 4.74 Å². The lowest BCUT2D eigenvalue weighted by molar-refractivity contribution is 0.105. The number of amides is 1. The number of hydrogen-bond donors (Lipinski definition) is 0. The van der Waals surface area contributed by atoms with E-state index in [1.807, 2.05) is 30.3 Å². The molecule has 0 spiro atoms. The van der Waals surface area contributed by atoms with Gasteiger partial charge in [-0.05, 0) is 36.0 Å². The molecule has 0 saturated carbocycles. The topological polar surface area (TPSA) is 32.8 Å². The normalized spacial score (nSPS) is 17.5. The first-order valence-electron chi connectivity index (χ1n) is 8.79. The molecule has 0 atom stereocenters. The largest absolute Gasteiger partial charge is 0.445 e. The number of nitrogens with zero attached hydrogens (tertiary/aromatic N) is 2. The van der Waals surface area contributed by atoms with E-state index in [1.54, 1.807) is 4.90 Å². The van der Waals surface area contributed by atoms with E-state index in [1.165, 1.54) is 24.0 Å². The Morgan fingerprint density at radius 2 is 1.83 bits per heavy atom. The molecule has 0 N–H and O–H groups in total. The van der Waals surface area contributed by atoms with Crippen molar-refractivity contribution < 1.29 is 9.53 Å². The van der Waals surface area contributed by atoms with Crippen LogP contribution in [0.1, 0.15) is 31.7 Å². The SMILES string of the molecule is C=C(C1=C(CC)CN(C(=O)OCc2ccccc2)C1)N1CCCC1. The second kappa shape index (κ2) is 7.56. The van der Waals surface area contributed by atoms with Gasteiger partial charge in [0, 0.05) is 25.3 Å². The van der Waals surface area contributed by atoms with Gasteiger partial charge in [-0.2, -0.15) is 0 Å². The van der Waals surface area contributed by atoms with Crippen LogP contribution in [0.3, 0.4) is 0 Å². The fourth-order valence-corrected chi connectivity index (χ4v) is 3.42. The lowest BCUT2D eigenvalue weighted by Gasteiger charge is -2.23. The maximum atomic E-state index is 12.4. The van der Waals surface area contributed by atoms with Crippen LogP contribution >= 0.6 is 0 Å². The third-order valence-electron chi connectivity index (χ3n) is 4.88. The van der Waals surface area contributed by atoms with E-state index in [-0.39, 0.29) is 6.09 Å². The predicted octanol–water partition coefficient (Wildman–Crippen LogP) is 3.95. The molecule has 2 aliphatic heterocycles. The second-order valence-electron chi connectivity index (χ2n) is 6.47. The molecule has 2 aliphatic rings. The Hall–Kier alpha value is -2.23. The molecule has 0 radical (unpaired) electrons. The molecule has 4 nitrogen and oxygen atoms in total. The average molecular weight is 326 g/mol. The number of carbonyl (C=O) groups excluding carboxylic acids is 1. The highest BCUT2D eigenvalue weighted by Gasteiger charge is 2.29. The summed E-state index contributed by atoms with van der Waals surface area (Å²) in [4.78, 5) is 16.5. The van der Waals surface area contributed by atoms with Crippen LogP contribution in [0.5, 0.6) is 0 Å². The van der Waals surface area contributed by atoms with E-state index >= 15 is 0 Å². The molecule has 1 aromatic rings. The maximum absolute atomic E-state index is 12.4. The lowest BCUT2D eigenvalue weighted by atomic mass is 10.1. The van der Waals surface area contributed by atoms with Crippen molar-refractivity contribution in [2.75, 3.05) is 26.2 Å². The molecule has 0 aromatic heterocycles. The minimum Gasteiger partial charge on any atom is -0.445 e. The molecule has 4 heteroatoms. The average Bonchev–Trinajstić information content (AvgIpc) is 3.29. The van der Waals surface area contributed by atoms with Crippen LogP contribution in [0.15, 0.2) is 53.8 Å². The highest BCUT2D eigenvalue weighted by atomic mass is 16.6. The number of benzene rings is 1. The van der Waals surface area contributed by atoms with Crippen LogP contribution in [0.25, 0.3) is 0 Å². The summed E-state index contributed by atoms with van der Waals surface area (Å²) < 4.78 is 5.48. The van der Waals surface area contributed by atoms with Crippen molar-refractivity contribution in [3.05, 3.63) is 59.3 Å². The molecule has 0 bridgehead atoms. The maximum Gasteiger partial charge on any atom is 0.410 e. The van der Waals surface area contributed by atoms with Crippen LogP contribution < -0.4 is 0 Å². The zero-order chi connectivity index (χ0) is 16.9. The molecule has 1 aromatic carbocycles. The van der Waals surface area contributed by atoms with Crippen molar-refractivity contribution in [2.45, 2.75) is 32.8 Å². The molecule has 24 heavy (non-hydrogen) atoms. The quantitative estimate of drug-likeness (QED) is 0.821. The number of carbonyl (C=O) groups is 1. The van der Waals surface area contributed by atoms with Gasteiger partial charge >= 0.3 is 6.09 Å². The monoisotopic (exact) mass is 326 g/mol. The summed E-state index contributed by atoms with van der Waals surface area (Å²) in [6, 6.07) is 9.79. The molecule has 1 saturated heterocycles. The van der Waals surface area contributed by atoms with Gasteiger partial charge in [-0.3, -0.25) is 4.90 Å². The van der Waals surface area contributed by atoms with Gasteiger partial charge in [0.2, 0.25) is 0 Å². The van der Waals surface area contributed by atoms with Crippen molar-refractivity contribution in [3.8, 4) is 0 Å². The Labute approximate surface area is 144 Å². The summed E-state index contributed by atoms with van der Waals surface area (Å²) >= 11 is 0. The van der Waals surface area contributed by atoms with Gasteiger partial charge in [0.15, 0.2) is 0 Å². The van der Waals surface area contributed by atoms with Crippen molar-refractivity contribution in [3.63, 3.8) is 0 Å². The van der Waals surface area contributed by atoms with Crippen molar-refractivity contribution in [1.82, 2.24) is 9.80 Å². The van der Waals surface area contributed by atoms with Gasteiger partial charge in [0.25, 0.3) is 0 Å². The van der Waals surface area contributed by atoms with Crippen LogP contribution in [-0.2, 0) is 11.3 Å². The van der Waals surface area contributed by atoms with Crippen molar-refractivity contribution in [1.29, 1.82) is 0 Å². The third-order valence-corrected chi connectivity index (χ3v) is 4.88. The third kappa shape index (κ3) is 3.64. The predicted molar refractivity (Wildman–Crippen MR) is 95.5 cm³/mol. The summed E-state index contributed by atoms with van der Waals surface area (Å²) in [6.07, 6.45) is 3.17. The number of rotatable bonds is 5. The summed E-state index contributed by atoms with van der Waals surface area (Å²) in [5.41, 5.74) is 4.65. The zero-order valence-electron chi connectivity index (χ0n) is 14.5. The molecular formula is C20H26N2O2. The second-order valence-corrected chi connectivity index (χ2v) is 6.47. The van der Waals surface area contributed by atoms with E-state index in [0.717, 1.165) is 30.8 Å². The molecule has 128 valence electrons. The smallest absolute Gasteiger partial charge is 0.410 e. The first-order valence-corrected chi connectivity index (χ1v) is 8.79. The molecule has 1 amide bonds. The Bertz CT molecular complexity index is 630. The fraction of sp³-hybridized carbons (Fsp3) is 0.450. The van der Waals surface area contributed by atoms with Crippen molar-refractivity contribution >= 4 is 6.09 Å². The number of likely N-dealkylation sites (tertiary alicyclic amines) is 1. The lowest BCUT2D eigenvalue weighted by Crippen LogP contribution is -2.31. The minimum absolute atomic E-state index is 0.242. The van der Waals surface area contributed by atoms with Gasteiger partial charge < -0.3 is 9.64 Å². The Morgan fingerprint density at radius 1 is 1.12 bits per heavy atom. The molecule has 1 fully saturated rings. The Morgan fingerprint density at radius 3 is 2.50 bits per heavy atom. The van der Waals surface area contributed by atoms with Gasteiger partial charge in [-0.25, -0.2) is 4.79 Å². The van der Waals surface area contributed by atoms with Gasteiger partial charge in [-0.1, -0.05) is 43.8 Å². The van der Waals surface area contributed by atoms with E-state index < -0.39 is 0 Å². The number of hydrogen-bond acceptors (Lipinski definition) is 3. The van der Waals surface area contributed by atoms with Crippen LogP contribution in [0, 0.1) is 0 Å². The number of ether oxygens (including phenoxy) is 1. The Kier molecular flexibility index (Phi) is 5.24. The first kappa shape index (κ1) is 16.6. The van der Waals surface area contributed by atoms with E-state index in [9.17, 15) is 4.79 Å². The Balaban J connectivity index is 1.59. The van der Waals surface area contributed by atoms with Gasteiger partial charge in [-0.15, -0.1) is 0 Å². The van der Waals surface area contributed by atoms with Crippen LogP contribution in [0.4, 0.5) is 4.79 Å². The fourth-order valence-electron chi connectivity index (χ4n) is 3.42. The molecule has 2 heterocycles.